The third-order valence-corrected chi connectivity index (χ3v) is 11.0. The summed E-state index contributed by atoms with van der Waals surface area (Å²) >= 11 is 0. The molecule has 292 valence electrons. The smallest absolute Gasteiger partial charge is 0.342 e. The van der Waals surface area contributed by atoms with Crippen LogP contribution in [-0.2, 0) is 25.7 Å². The number of phenolic OH excluding ortho intramolecular Hbond substituents is 2. The summed E-state index contributed by atoms with van der Waals surface area (Å²) < 4.78 is 12.9. The minimum atomic E-state index is -0.866. The van der Waals surface area contributed by atoms with Crippen molar-refractivity contribution < 1.29 is 38.9 Å². The third kappa shape index (κ3) is 9.47. The summed E-state index contributed by atoms with van der Waals surface area (Å²) in [5.74, 6) is -1.68. The number of hydrogen-bond donors (Lipinski definition) is 3. The van der Waals surface area contributed by atoms with Gasteiger partial charge in [-0.2, -0.15) is 0 Å². The fourth-order valence-corrected chi connectivity index (χ4v) is 8.23. The normalized spacial score (nSPS) is 21.3. The van der Waals surface area contributed by atoms with Crippen LogP contribution < -0.4 is 15.6 Å². The molecule has 1 unspecified atom stereocenters. The Labute approximate surface area is 321 Å². The van der Waals surface area contributed by atoms with Gasteiger partial charge in [-0.05, 0) is 86.8 Å². The predicted molar refractivity (Wildman–Crippen MR) is 206 cm³/mol. The number of pyridine rings is 1. The Balaban J connectivity index is 1.17. The van der Waals surface area contributed by atoms with Gasteiger partial charge < -0.3 is 34.5 Å². The molecule has 1 fully saturated rings. The zero-order valence-electron chi connectivity index (χ0n) is 31.6. The predicted octanol–water partition coefficient (Wildman–Crippen LogP) is 5.81. The van der Waals surface area contributed by atoms with E-state index in [1.165, 1.54) is 13.2 Å². The number of nitrogens with one attached hydrogen (secondary N) is 1. The number of nitrogens with zero attached hydrogens (tertiary/aromatic N) is 2. The van der Waals surface area contributed by atoms with E-state index in [0.717, 1.165) is 12.1 Å². The van der Waals surface area contributed by atoms with Crippen LogP contribution in [0.25, 0.3) is 6.08 Å². The van der Waals surface area contributed by atoms with Crippen molar-refractivity contribution in [2.45, 2.75) is 95.6 Å². The Morgan fingerprint density at radius 1 is 1.02 bits per heavy atom. The molecule has 1 saturated heterocycles. The molecule has 55 heavy (non-hydrogen) atoms. The molecule has 0 spiro atoms. The number of fused-ring (bicyclic) bond motifs is 5. The number of ketones is 1. The maximum absolute atomic E-state index is 13.7. The van der Waals surface area contributed by atoms with E-state index in [1.54, 1.807) is 55.5 Å². The van der Waals surface area contributed by atoms with Crippen molar-refractivity contribution in [3.63, 3.8) is 0 Å². The van der Waals surface area contributed by atoms with Gasteiger partial charge in [-0.15, -0.1) is 0 Å². The molecule has 3 N–H and O–H groups in total. The molecule has 2 aromatic carbocycles. The molecular formula is C43H51N3O9. The molecule has 12 nitrogen and oxygen atoms in total. The highest BCUT2D eigenvalue weighted by Gasteiger charge is 2.36. The molecule has 3 aliphatic rings. The molecule has 2 bridgehead atoms. The SMILES string of the molecule is COc1ccc(C(CC(=O)NCCCC(=O)N2C[C@H]3C[C@@H](C2)c2cccc(=O)n2C3)c2c(O)cc3c(c2O)C(=O)O[C@@H](C)CCCC(=O)CCC/C=C/3)cc1. The highest BCUT2D eigenvalue weighted by Crippen LogP contribution is 2.44. The average Bonchev–Trinajstić information content (AvgIpc) is 3.15. The van der Waals surface area contributed by atoms with Gasteiger partial charge in [0, 0.05) is 81.0 Å². The number of ether oxygens (including phenoxy) is 2. The van der Waals surface area contributed by atoms with Gasteiger partial charge in [0.2, 0.25) is 11.8 Å². The summed E-state index contributed by atoms with van der Waals surface area (Å²) in [6.07, 6.45) is 7.46. The van der Waals surface area contributed by atoms with E-state index in [0.29, 0.717) is 75.9 Å². The Morgan fingerprint density at radius 2 is 1.80 bits per heavy atom. The van der Waals surface area contributed by atoms with Gasteiger partial charge in [0.05, 0.1) is 13.2 Å². The molecule has 4 heterocycles. The number of phenols is 2. The minimum absolute atomic E-state index is 0.00300. The van der Waals surface area contributed by atoms with Crippen LogP contribution in [0.1, 0.15) is 116 Å². The van der Waals surface area contributed by atoms with Crippen molar-refractivity contribution in [1.82, 2.24) is 14.8 Å². The van der Waals surface area contributed by atoms with Crippen LogP contribution in [0.4, 0.5) is 0 Å². The first kappa shape index (κ1) is 39.3. The van der Waals surface area contributed by atoms with E-state index in [2.05, 4.69) is 5.32 Å². The number of likely N-dealkylation sites (tertiary alicyclic amines) is 1. The zero-order valence-corrected chi connectivity index (χ0v) is 31.6. The fourth-order valence-electron chi connectivity index (χ4n) is 8.23. The highest BCUT2D eigenvalue weighted by atomic mass is 16.5. The minimum Gasteiger partial charge on any atom is -0.507 e. The average molecular weight is 754 g/mol. The van der Waals surface area contributed by atoms with Crippen molar-refractivity contribution in [2.75, 3.05) is 26.7 Å². The first-order valence-corrected chi connectivity index (χ1v) is 19.4. The summed E-state index contributed by atoms with van der Waals surface area (Å²) in [4.78, 5) is 67.0. The number of esters is 1. The number of carbonyl (C=O) groups is 4. The van der Waals surface area contributed by atoms with Crippen molar-refractivity contribution in [1.29, 1.82) is 0 Å². The number of rotatable bonds is 9. The molecule has 0 radical (unpaired) electrons. The van der Waals surface area contributed by atoms with Gasteiger partial charge in [0.1, 0.15) is 28.6 Å². The molecule has 1 aromatic heterocycles. The van der Waals surface area contributed by atoms with Crippen LogP contribution in [0.5, 0.6) is 17.2 Å². The lowest BCUT2D eigenvalue weighted by Gasteiger charge is -2.42. The molecule has 2 amide bonds. The van der Waals surface area contributed by atoms with Crippen molar-refractivity contribution in [3.05, 3.63) is 92.9 Å². The van der Waals surface area contributed by atoms with Crippen LogP contribution in [0.3, 0.4) is 0 Å². The first-order valence-electron chi connectivity index (χ1n) is 19.4. The number of allylic oxidation sites excluding steroid dienone is 1. The molecule has 6 rings (SSSR count). The number of carbonyl (C=O) groups excluding carboxylic acids is 4. The van der Waals surface area contributed by atoms with Crippen LogP contribution in [0, 0.1) is 5.92 Å². The van der Waals surface area contributed by atoms with Crippen molar-refractivity contribution >= 4 is 29.6 Å². The summed E-state index contributed by atoms with van der Waals surface area (Å²) in [5, 5.41) is 26.2. The summed E-state index contributed by atoms with van der Waals surface area (Å²) in [5.41, 5.74) is 1.73. The standard InChI is InChI=1S/C43H51N3O9/c1-27-9-6-12-32(47)11-5-3-4-10-30-22-36(48)41(42(52)40(30)43(53)55-27)34(29-16-18-33(54-2)19-17-29)23-37(49)44-20-8-15-38(50)45-24-28-21-31(26-45)35-13-7-14-39(51)46(35)25-28/h4,7,10,13-14,16-19,22,27-28,31,34,48,52H,3,5-6,8-9,11-12,15,20-21,23-26H2,1-2H3,(H,44,49)/b10-4+/t27-,28+,31-,34?/m0/s1. The van der Waals surface area contributed by atoms with Crippen LogP contribution in [0.2, 0.25) is 0 Å². The molecule has 0 aliphatic carbocycles. The van der Waals surface area contributed by atoms with E-state index in [1.807, 2.05) is 15.5 Å². The summed E-state index contributed by atoms with van der Waals surface area (Å²) in [7, 11) is 1.53. The quantitative estimate of drug-likeness (QED) is 0.181. The van der Waals surface area contributed by atoms with Gasteiger partial charge in [-0.3, -0.25) is 19.2 Å². The topological polar surface area (TPSA) is 164 Å². The van der Waals surface area contributed by atoms with Gasteiger partial charge >= 0.3 is 5.97 Å². The van der Waals surface area contributed by atoms with E-state index in [-0.39, 0.29) is 76.8 Å². The third-order valence-electron chi connectivity index (χ3n) is 11.0. The zero-order chi connectivity index (χ0) is 39.1. The van der Waals surface area contributed by atoms with E-state index in [9.17, 15) is 34.2 Å². The maximum Gasteiger partial charge on any atom is 0.342 e. The number of hydrogen-bond acceptors (Lipinski definition) is 9. The monoisotopic (exact) mass is 753 g/mol. The van der Waals surface area contributed by atoms with Crippen LogP contribution >= 0.6 is 0 Å². The Kier molecular flexibility index (Phi) is 12.7. The second kappa shape index (κ2) is 17.8. The fraction of sp³-hybridized carbons (Fsp3) is 0.465. The number of piperidine rings is 1. The number of aromatic hydroxyl groups is 2. The van der Waals surface area contributed by atoms with Gasteiger partial charge in [0.25, 0.3) is 5.56 Å². The van der Waals surface area contributed by atoms with Crippen molar-refractivity contribution in [3.8, 4) is 17.2 Å². The Hall–Kier alpha value is -5.39. The number of amides is 2. The molecule has 0 saturated carbocycles. The number of benzene rings is 2. The second-order valence-electron chi connectivity index (χ2n) is 15.0. The van der Waals surface area contributed by atoms with E-state index in [4.69, 9.17) is 9.47 Å². The number of aromatic nitrogens is 1. The Morgan fingerprint density at radius 3 is 2.58 bits per heavy atom. The van der Waals surface area contributed by atoms with E-state index < -0.39 is 23.7 Å². The number of cyclic esters (lactones) is 1. The molecule has 4 atom stereocenters. The second-order valence-corrected chi connectivity index (χ2v) is 15.0. The van der Waals surface area contributed by atoms with Crippen molar-refractivity contribution in [2.24, 2.45) is 5.92 Å². The highest BCUT2D eigenvalue weighted by molar-refractivity contribution is 5.98. The first-order chi connectivity index (χ1) is 26.5. The summed E-state index contributed by atoms with van der Waals surface area (Å²) in [6.45, 7) is 3.74. The van der Waals surface area contributed by atoms with Gasteiger partial charge in [-0.1, -0.05) is 30.4 Å². The van der Waals surface area contributed by atoms with Gasteiger partial charge in [-0.25, -0.2) is 4.79 Å². The van der Waals surface area contributed by atoms with Crippen LogP contribution in [-0.4, -0.2) is 76.1 Å². The molecule has 3 aromatic rings. The largest absolute Gasteiger partial charge is 0.507 e. The number of Topliss-reactive ketones (excluding diaryl/α,β-unsaturated/α-hetero) is 1. The molecular weight excluding hydrogens is 702 g/mol. The van der Waals surface area contributed by atoms with Crippen LogP contribution in [0.15, 0.2) is 59.4 Å². The lowest BCUT2D eigenvalue weighted by molar-refractivity contribution is -0.134. The molecule has 3 aliphatic heterocycles. The Bertz CT molecular complexity index is 1990. The maximum atomic E-state index is 13.7. The van der Waals surface area contributed by atoms with E-state index >= 15 is 0 Å². The number of methoxy groups -OCH3 is 1. The summed E-state index contributed by atoms with van der Waals surface area (Å²) in [6, 6.07) is 13.6. The lowest BCUT2D eigenvalue weighted by Crippen LogP contribution is -2.49. The lowest BCUT2D eigenvalue weighted by atomic mass is 9.83. The van der Waals surface area contributed by atoms with Gasteiger partial charge in [0.15, 0.2) is 0 Å². The molecule has 12 heteroatoms.